The van der Waals surface area contributed by atoms with Crippen molar-refractivity contribution in [2.45, 2.75) is 17.7 Å². The summed E-state index contributed by atoms with van der Waals surface area (Å²) in [5.41, 5.74) is 0.944. The fraction of sp³-hybridized carbons (Fsp3) is 0.300. The molecule has 0 radical (unpaired) electrons. The smallest absolute Gasteiger partial charge is 0.270 e. The van der Waals surface area contributed by atoms with E-state index in [1.165, 1.54) is 25.4 Å². The number of amides is 2. The Morgan fingerprint density at radius 3 is 2.66 bits per heavy atom. The van der Waals surface area contributed by atoms with E-state index in [-0.39, 0.29) is 22.2 Å². The Balaban J connectivity index is 1.97. The third kappa shape index (κ3) is 4.27. The number of aromatic amines is 1. The van der Waals surface area contributed by atoms with Crippen molar-refractivity contribution in [3.8, 4) is 12.3 Å². The minimum absolute atomic E-state index is 0.102. The Hall–Kier alpha value is -3.25. The lowest BCUT2D eigenvalue weighted by Crippen LogP contribution is -2.39. The molecular weight excluding hydrogens is 392 g/mol. The second-order valence-corrected chi connectivity index (χ2v) is 8.49. The number of benzene rings is 1. The predicted molar refractivity (Wildman–Crippen MR) is 109 cm³/mol. The van der Waals surface area contributed by atoms with Gasteiger partial charge >= 0.3 is 0 Å². The van der Waals surface area contributed by atoms with Gasteiger partial charge in [-0.3, -0.25) is 13.9 Å². The number of terminal acetylenes is 1. The number of likely N-dealkylation sites (N-methyl/N-ethyl adjacent to an activating group) is 1. The Morgan fingerprint density at radius 2 is 2.00 bits per heavy atom. The van der Waals surface area contributed by atoms with E-state index in [1.807, 2.05) is 0 Å². The molecule has 0 saturated carbocycles. The first-order valence-corrected chi connectivity index (χ1v) is 10.6. The highest BCUT2D eigenvalue weighted by Gasteiger charge is 2.30. The summed E-state index contributed by atoms with van der Waals surface area (Å²) in [5, 5.41) is 2.42. The zero-order chi connectivity index (χ0) is 21.0. The van der Waals surface area contributed by atoms with Crippen LogP contribution in [0.3, 0.4) is 0 Å². The molecule has 1 aromatic heterocycles. The number of aromatic nitrogens is 1. The molecule has 9 heteroatoms. The number of H-pyrrole nitrogens is 1. The molecule has 1 saturated heterocycles. The zero-order valence-electron chi connectivity index (χ0n) is 16.0. The van der Waals surface area contributed by atoms with Crippen molar-refractivity contribution in [2.75, 3.05) is 31.0 Å². The highest BCUT2D eigenvalue weighted by molar-refractivity contribution is 7.92. The maximum absolute atomic E-state index is 13.3. The van der Waals surface area contributed by atoms with Crippen molar-refractivity contribution in [3.05, 3.63) is 47.8 Å². The normalized spacial score (nSPS) is 13.7. The fourth-order valence-electron chi connectivity index (χ4n) is 3.14. The van der Waals surface area contributed by atoms with E-state index in [4.69, 9.17) is 6.42 Å². The lowest BCUT2D eigenvalue weighted by molar-refractivity contribution is -0.119. The Bertz CT molecular complexity index is 1060. The number of hydrogen-bond donors (Lipinski definition) is 2. The van der Waals surface area contributed by atoms with E-state index in [0.717, 1.165) is 17.1 Å². The summed E-state index contributed by atoms with van der Waals surface area (Å²) in [4.78, 5) is 28.9. The summed E-state index contributed by atoms with van der Waals surface area (Å²) in [6.45, 7) is 0.886. The van der Waals surface area contributed by atoms with Gasteiger partial charge in [-0.15, -0.1) is 6.42 Å². The predicted octanol–water partition coefficient (Wildman–Crippen LogP) is 1.17. The molecular formula is C20H22N4O4S. The minimum atomic E-state index is -4.12. The number of anilines is 1. The highest BCUT2D eigenvalue weighted by Crippen LogP contribution is 2.25. The van der Waals surface area contributed by atoms with Gasteiger partial charge in [0.25, 0.3) is 15.9 Å². The lowest BCUT2D eigenvalue weighted by Gasteiger charge is -2.23. The number of nitrogens with one attached hydrogen (secondary N) is 2. The molecule has 2 amide bonds. The van der Waals surface area contributed by atoms with E-state index in [1.54, 1.807) is 23.1 Å². The van der Waals surface area contributed by atoms with Crippen LogP contribution in [0.4, 0.5) is 5.69 Å². The van der Waals surface area contributed by atoms with E-state index in [0.29, 0.717) is 18.7 Å². The molecule has 3 rings (SSSR count). The van der Waals surface area contributed by atoms with Crippen molar-refractivity contribution in [3.63, 3.8) is 0 Å². The van der Waals surface area contributed by atoms with E-state index >= 15 is 0 Å². The largest absolute Gasteiger partial charge is 0.358 e. The number of hydrogen-bond acceptors (Lipinski definition) is 4. The fourth-order valence-corrected chi connectivity index (χ4v) is 4.55. The van der Waals surface area contributed by atoms with Gasteiger partial charge in [0.1, 0.15) is 17.1 Å². The minimum Gasteiger partial charge on any atom is -0.358 e. The summed E-state index contributed by atoms with van der Waals surface area (Å²) in [6, 6.07) is 7.67. The van der Waals surface area contributed by atoms with Crippen molar-refractivity contribution >= 4 is 27.5 Å². The standard InChI is InChI=1S/C20H22N4O4S/c1-3-15-7-6-8-16(11-15)24(14-19(25)21-2)29(27,28)17-12-18(22-13-17)20(26)23-9-4-5-10-23/h1,6-8,11-13,22H,4-5,9-10,14H2,2H3,(H,21,25). The molecule has 1 aliphatic heterocycles. The van der Waals surface area contributed by atoms with Crippen LogP contribution < -0.4 is 9.62 Å². The maximum atomic E-state index is 13.3. The first-order valence-electron chi connectivity index (χ1n) is 9.14. The highest BCUT2D eigenvalue weighted by atomic mass is 32.2. The van der Waals surface area contributed by atoms with Crippen LogP contribution in [0.1, 0.15) is 28.9 Å². The lowest BCUT2D eigenvalue weighted by atomic mass is 10.2. The molecule has 0 atom stereocenters. The van der Waals surface area contributed by atoms with E-state index in [9.17, 15) is 18.0 Å². The van der Waals surface area contributed by atoms with E-state index in [2.05, 4.69) is 16.2 Å². The molecule has 29 heavy (non-hydrogen) atoms. The van der Waals surface area contributed by atoms with Gasteiger partial charge in [-0.2, -0.15) is 0 Å². The van der Waals surface area contributed by atoms with Crippen LogP contribution in [0.15, 0.2) is 41.4 Å². The maximum Gasteiger partial charge on any atom is 0.270 e. The number of sulfonamides is 1. The Morgan fingerprint density at radius 1 is 1.28 bits per heavy atom. The van der Waals surface area contributed by atoms with Crippen LogP contribution in [0.25, 0.3) is 0 Å². The van der Waals surface area contributed by atoms with E-state index < -0.39 is 22.5 Å². The molecule has 2 heterocycles. The first kappa shape index (κ1) is 20.5. The first-order chi connectivity index (χ1) is 13.9. The number of nitrogens with zero attached hydrogens (tertiary/aromatic N) is 2. The summed E-state index contributed by atoms with van der Waals surface area (Å²) in [7, 11) is -2.69. The van der Waals surface area contributed by atoms with Gasteiger partial charge in [0.2, 0.25) is 5.91 Å². The van der Waals surface area contributed by atoms with Gasteiger partial charge < -0.3 is 15.2 Å². The quantitative estimate of drug-likeness (QED) is 0.693. The summed E-state index contributed by atoms with van der Waals surface area (Å²) in [5.74, 6) is 1.73. The van der Waals surface area contributed by atoms with Crippen LogP contribution in [-0.2, 0) is 14.8 Å². The molecule has 0 spiro atoms. The summed E-state index contributed by atoms with van der Waals surface area (Å²) < 4.78 is 27.6. The van der Waals surface area contributed by atoms with Crippen LogP contribution >= 0.6 is 0 Å². The number of likely N-dealkylation sites (tertiary alicyclic amines) is 1. The number of rotatable bonds is 6. The van der Waals surface area contributed by atoms with Crippen LogP contribution in [-0.4, -0.2) is 56.8 Å². The molecule has 8 nitrogen and oxygen atoms in total. The zero-order valence-corrected chi connectivity index (χ0v) is 16.8. The second-order valence-electron chi connectivity index (χ2n) is 6.63. The molecule has 1 fully saturated rings. The van der Waals surface area contributed by atoms with Gasteiger partial charge in [0.05, 0.1) is 5.69 Å². The SMILES string of the molecule is C#Cc1cccc(N(CC(=O)NC)S(=O)(=O)c2c[nH]c(C(=O)N3CCCC3)c2)c1. The third-order valence-corrected chi connectivity index (χ3v) is 6.49. The molecule has 0 aliphatic carbocycles. The van der Waals surface area contributed by atoms with Crippen molar-refractivity contribution in [2.24, 2.45) is 0 Å². The van der Waals surface area contributed by atoms with Crippen molar-refractivity contribution in [1.29, 1.82) is 0 Å². The molecule has 0 unspecified atom stereocenters. The second kappa shape index (κ2) is 8.41. The Labute approximate surface area is 169 Å². The topological polar surface area (TPSA) is 103 Å². The molecule has 0 bridgehead atoms. The van der Waals surface area contributed by atoms with Gasteiger partial charge in [0.15, 0.2) is 0 Å². The molecule has 2 N–H and O–H groups in total. The Kier molecular flexibility index (Phi) is 5.94. The van der Waals surface area contributed by atoms with Crippen LogP contribution in [0.5, 0.6) is 0 Å². The monoisotopic (exact) mass is 414 g/mol. The van der Waals surface area contributed by atoms with Crippen LogP contribution in [0, 0.1) is 12.3 Å². The van der Waals surface area contributed by atoms with Crippen molar-refractivity contribution < 1.29 is 18.0 Å². The van der Waals surface area contributed by atoms with Crippen molar-refractivity contribution in [1.82, 2.24) is 15.2 Å². The number of carbonyl (C=O) groups excluding carboxylic acids is 2. The number of carbonyl (C=O) groups is 2. The molecule has 1 aromatic carbocycles. The average Bonchev–Trinajstić information content (AvgIpc) is 3.43. The van der Waals surface area contributed by atoms with Gasteiger partial charge in [0, 0.05) is 31.9 Å². The van der Waals surface area contributed by atoms with Gasteiger partial charge in [-0.1, -0.05) is 12.0 Å². The third-order valence-electron chi connectivity index (χ3n) is 4.74. The van der Waals surface area contributed by atoms with Gasteiger partial charge in [-0.25, -0.2) is 8.42 Å². The summed E-state index contributed by atoms with van der Waals surface area (Å²) >= 11 is 0. The van der Waals surface area contributed by atoms with Gasteiger partial charge in [-0.05, 0) is 37.1 Å². The molecule has 152 valence electrons. The summed E-state index contributed by atoms with van der Waals surface area (Å²) in [6.07, 6.45) is 8.55. The van der Waals surface area contributed by atoms with Crippen LogP contribution in [0.2, 0.25) is 0 Å². The molecule has 2 aromatic rings. The average molecular weight is 414 g/mol. The molecule has 1 aliphatic rings.